The molecule has 0 radical (unpaired) electrons. The van der Waals surface area contributed by atoms with Gasteiger partial charge in [0.25, 0.3) is 0 Å². The van der Waals surface area contributed by atoms with Gasteiger partial charge in [-0.15, -0.1) is 0 Å². The Morgan fingerprint density at radius 3 is 2.40 bits per heavy atom. The first kappa shape index (κ1) is 23.3. The molecule has 1 heterocycles. The molecule has 5 rings (SSSR count). The molecule has 2 atom stereocenters. The molecule has 0 bridgehead atoms. The van der Waals surface area contributed by atoms with E-state index in [9.17, 15) is 24.3 Å². The third-order valence-electron chi connectivity index (χ3n) is 6.76. The molecule has 1 aromatic heterocycles. The molecule has 1 aliphatic carbocycles. The molecule has 178 valence electrons. The molecular formula is C27H22ClF2N3O2. The van der Waals surface area contributed by atoms with E-state index in [2.05, 4.69) is 11.1 Å². The Labute approximate surface area is 205 Å². The van der Waals surface area contributed by atoms with E-state index in [1.165, 1.54) is 0 Å². The van der Waals surface area contributed by atoms with Crippen LogP contribution in [0.15, 0.2) is 42.5 Å². The molecule has 1 aliphatic rings. The lowest BCUT2D eigenvalue weighted by molar-refractivity contribution is 0.102. The van der Waals surface area contributed by atoms with Crippen LogP contribution in [0.5, 0.6) is 5.75 Å². The predicted octanol–water partition coefficient (Wildman–Crippen LogP) is 6.51. The Kier molecular flexibility index (Phi) is 5.74. The normalized spacial score (nSPS) is 15.2. The van der Waals surface area contributed by atoms with E-state index in [-0.39, 0.29) is 22.7 Å². The maximum atomic E-state index is 14.4. The Hall–Kier alpha value is -3.47. The molecule has 1 fully saturated rings. The van der Waals surface area contributed by atoms with Crippen LogP contribution in [0.3, 0.4) is 0 Å². The van der Waals surface area contributed by atoms with Crippen LogP contribution >= 0.6 is 11.6 Å². The van der Waals surface area contributed by atoms with Gasteiger partial charge in [0.15, 0.2) is 11.6 Å². The molecular weight excluding hydrogens is 472 g/mol. The van der Waals surface area contributed by atoms with Crippen molar-refractivity contribution in [1.82, 2.24) is 9.55 Å². The fraction of sp³-hybridized carbons (Fsp3) is 0.259. The van der Waals surface area contributed by atoms with Crippen molar-refractivity contribution in [1.29, 1.82) is 5.26 Å². The van der Waals surface area contributed by atoms with E-state index in [0.717, 1.165) is 25.0 Å². The highest BCUT2D eigenvalue weighted by molar-refractivity contribution is 6.30. The predicted molar refractivity (Wildman–Crippen MR) is 129 cm³/mol. The SMILES string of the molecule is Cc1cc(C#N)c(C(O)C(C2CC2)n2c(-c3ccc(Cl)cc3)nc3cc(F)c(F)cc32)c(C)c1O. The number of nitrogens with zero attached hydrogens (tertiary/aromatic N) is 3. The number of rotatable bonds is 5. The number of phenolic OH excluding ortho intramolecular Hbond substituents is 1. The Bertz CT molecular complexity index is 1500. The van der Waals surface area contributed by atoms with Gasteiger partial charge in [0.1, 0.15) is 17.7 Å². The number of phenols is 1. The van der Waals surface area contributed by atoms with Gasteiger partial charge >= 0.3 is 0 Å². The summed E-state index contributed by atoms with van der Waals surface area (Å²) in [6.07, 6.45) is 0.411. The van der Waals surface area contributed by atoms with Gasteiger partial charge < -0.3 is 14.8 Å². The lowest BCUT2D eigenvalue weighted by atomic mass is 9.89. The minimum Gasteiger partial charge on any atom is -0.507 e. The second-order valence-electron chi connectivity index (χ2n) is 9.08. The summed E-state index contributed by atoms with van der Waals surface area (Å²) in [7, 11) is 0. The lowest BCUT2D eigenvalue weighted by Crippen LogP contribution is -2.22. The van der Waals surface area contributed by atoms with Crippen molar-refractivity contribution >= 4 is 22.6 Å². The number of hydrogen-bond donors (Lipinski definition) is 2. The quantitative estimate of drug-likeness (QED) is 0.332. The summed E-state index contributed by atoms with van der Waals surface area (Å²) in [5, 5.41) is 32.7. The summed E-state index contributed by atoms with van der Waals surface area (Å²) in [5.74, 6) is -1.60. The van der Waals surface area contributed by atoms with Crippen molar-refractivity contribution in [2.24, 2.45) is 5.92 Å². The smallest absolute Gasteiger partial charge is 0.161 e. The lowest BCUT2D eigenvalue weighted by Gasteiger charge is -2.29. The molecule has 2 unspecified atom stereocenters. The third-order valence-corrected chi connectivity index (χ3v) is 7.01. The zero-order chi connectivity index (χ0) is 25.0. The van der Waals surface area contributed by atoms with Gasteiger partial charge in [-0.25, -0.2) is 13.8 Å². The molecule has 1 saturated carbocycles. The topological polar surface area (TPSA) is 82.1 Å². The van der Waals surface area contributed by atoms with Gasteiger partial charge in [0.2, 0.25) is 0 Å². The monoisotopic (exact) mass is 493 g/mol. The van der Waals surface area contributed by atoms with Crippen LogP contribution in [0.25, 0.3) is 22.4 Å². The number of aliphatic hydroxyl groups excluding tert-OH is 1. The minimum absolute atomic E-state index is 0.00845. The van der Waals surface area contributed by atoms with Crippen molar-refractivity contribution in [3.8, 4) is 23.2 Å². The van der Waals surface area contributed by atoms with Gasteiger partial charge in [-0.3, -0.25) is 0 Å². The molecule has 3 aromatic carbocycles. The fourth-order valence-corrected chi connectivity index (χ4v) is 5.00. The first-order valence-electron chi connectivity index (χ1n) is 11.3. The summed E-state index contributed by atoms with van der Waals surface area (Å²) in [6.45, 7) is 3.35. The largest absolute Gasteiger partial charge is 0.507 e. The summed E-state index contributed by atoms with van der Waals surface area (Å²) < 4.78 is 30.3. The number of hydrogen-bond acceptors (Lipinski definition) is 4. The van der Waals surface area contributed by atoms with E-state index in [1.54, 1.807) is 48.7 Å². The van der Waals surface area contributed by atoms with Crippen LogP contribution in [-0.4, -0.2) is 19.8 Å². The van der Waals surface area contributed by atoms with E-state index in [0.29, 0.717) is 38.6 Å². The van der Waals surface area contributed by atoms with Crippen molar-refractivity contribution in [3.05, 3.63) is 81.4 Å². The van der Waals surface area contributed by atoms with Gasteiger partial charge in [-0.05, 0) is 74.1 Å². The molecule has 4 aromatic rings. The minimum atomic E-state index is -1.21. The second kappa shape index (κ2) is 8.63. The number of imidazole rings is 1. The number of halogens is 3. The van der Waals surface area contributed by atoms with Crippen LogP contribution in [-0.2, 0) is 0 Å². The summed E-state index contributed by atoms with van der Waals surface area (Å²) in [4.78, 5) is 4.61. The number of aliphatic hydroxyl groups is 1. The number of aromatic hydroxyl groups is 1. The molecule has 8 heteroatoms. The zero-order valence-electron chi connectivity index (χ0n) is 19.1. The van der Waals surface area contributed by atoms with Gasteiger partial charge in [0.05, 0.1) is 28.7 Å². The summed E-state index contributed by atoms with van der Waals surface area (Å²) >= 11 is 6.07. The highest BCUT2D eigenvalue weighted by Gasteiger charge is 2.41. The molecule has 2 N–H and O–H groups in total. The first-order chi connectivity index (χ1) is 16.7. The Balaban J connectivity index is 1.79. The van der Waals surface area contributed by atoms with E-state index < -0.39 is 23.8 Å². The maximum Gasteiger partial charge on any atom is 0.161 e. The van der Waals surface area contributed by atoms with Crippen LogP contribution in [0.4, 0.5) is 8.78 Å². The summed E-state index contributed by atoms with van der Waals surface area (Å²) in [5.41, 5.74) is 2.76. The number of aryl methyl sites for hydroxylation is 1. The highest BCUT2D eigenvalue weighted by Crippen LogP contribution is 2.50. The van der Waals surface area contributed by atoms with Crippen LogP contribution in [0.2, 0.25) is 5.02 Å². The van der Waals surface area contributed by atoms with E-state index >= 15 is 0 Å². The number of fused-ring (bicyclic) bond motifs is 1. The number of nitriles is 1. The average Bonchev–Trinajstić information content (AvgIpc) is 3.61. The highest BCUT2D eigenvalue weighted by atomic mass is 35.5. The fourth-order valence-electron chi connectivity index (χ4n) is 4.87. The van der Waals surface area contributed by atoms with Gasteiger partial charge in [-0.1, -0.05) is 11.6 Å². The van der Waals surface area contributed by atoms with Gasteiger partial charge in [0, 0.05) is 28.3 Å². The Morgan fingerprint density at radius 2 is 1.77 bits per heavy atom. The van der Waals surface area contributed by atoms with Crippen LogP contribution in [0.1, 0.15) is 47.2 Å². The molecule has 5 nitrogen and oxygen atoms in total. The van der Waals surface area contributed by atoms with E-state index in [4.69, 9.17) is 11.6 Å². The molecule has 0 spiro atoms. The molecule has 35 heavy (non-hydrogen) atoms. The average molecular weight is 494 g/mol. The summed E-state index contributed by atoms with van der Waals surface area (Å²) in [6, 6.07) is 12.1. The number of aromatic nitrogens is 2. The zero-order valence-corrected chi connectivity index (χ0v) is 19.8. The third kappa shape index (κ3) is 3.93. The maximum absolute atomic E-state index is 14.4. The van der Waals surface area contributed by atoms with Crippen molar-refractivity contribution in [2.45, 2.75) is 38.8 Å². The second-order valence-corrected chi connectivity index (χ2v) is 9.52. The van der Waals surface area contributed by atoms with Crippen LogP contribution < -0.4 is 0 Å². The van der Waals surface area contributed by atoms with Crippen molar-refractivity contribution in [3.63, 3.8) is 0 Å². The first-order valence-corrected chi connectivity index (χ1v) is 11.6. The molecule has 0 saturated heterocycles. The molecule has 0 aliphatic heterocycles. The molecule has 0 amide bonds. The standard InChI is InChI=1S/C27H22ClF2N3O2/c1-13-9-17(12-31)23(14(2)25(13)34)26(35)24(15-3-4-15)33-22-11-20(30)19(29)10-21(22)32-27(33)16-5-7-18(28)8-6-16/h5-11,15,24,26,34-35H,3-4H2,1-2H3. The Morgan fingerprint density at radius 1 is 1.11 bits per heavy atom. The van der Waals surface area contributed by atoms with Crippen molar-refractivity contribution in [2.75, 3.05) is 0 Å². The van der Waals surface area contributed by atoms with E-state index in [1.807, 2.05) is 0 Å². The number of benzene rings is 3. The van der Waals surface area contributed by atoms with Crippen molar-refractivity contribution < 1.29 is 19.0 Å². The van der Waals surface area contributed by atoms with Gasteiger partial charge in [-0.2, -0.15) is 5.26 Å². The van der Waals surface area contributed by atoms with Crippen LogP contribution in [0, 0.1) is 42.7 Å².